The molecule has 3 heteroatoms. The minimum atomic E-state index is -0.00738. The van der Waals surface area contributed by atoms with Crippen molar-refractivity contribution in [2.24, 2.45) is 0 Å². The molecule has 2 aromatic rings. The number of carbonyl (C=O) groups excluding carboxylic acids is 1. The molecule has 0 N–H and O–H groups in total. The number of aryl methyl sites for hydroxylation is 2. The fourth-order valence-electron chi connectivity index (χ4n) is 1.88. The lowest BCUT2D eigenvalue weighted by Crippen LogP contribution is -2.12. The molecule has 0 atom stereocenters. The van der Waals surface area contributed by atoms with Crippen molar-refractivity contribution in [2.75, 3.05) is 6.61 Å². The van der Waals surface area contributed by atoms with Gasteiger partial charge < -0.3 is 4.74 Å². The van der Waals surface area contributed by atoms with Gasteiger partial charge in [0.05, 0.1) is 0 Å². The van der Waals surface area contributed by atoms with Gasteiger partial charge in [0.1, 0.15) is 5.75 Å². The minimum absolute atomic E-state index is 0.00738. The smallest absolute Gasteiger partial charge is 0.200 e. The third-order valence-corrected chi connectivity index (χ3v) is 3.69. The van der Waals surface area contributed by atoms with Crippen molar-refractivity contribution in [3.63, 3.8) is 0 Å². The lowest BCUT2D eigenvalue weighted by Gasteiger charge is -2.09. The first-order valence-corrected chi connectivity index (χ1v) is 7.40. The van der Waals surface area contributed by atoms with Crippen LogP contribution in [0.25, 0.3) is 0 Å². The van der Waals surface area contributed by atoms with Crippen LogP contribution in [0.1, 0.15) is 28.4 Å². The van der Waals surface area contributed by atoms with Crippen LogP contribution in [0.2, 0.25) is 0 Å². The summed E-state index contributed by atoms with van der Waals surface area (Å²) in [4.78, 5) is 12.1. The van der Waals surface area contributed by atoms with Crippen molar-refractivity contribution in [3.8, 4) is 5.75 Å². The van der Waals surface area contributed by atoms with Gasteiger partial charge in [0, 0.05) is 10.0 Å². The molecular formula is C17H17BrO2. The monoisotopic (exact) mass is 332 g/mol. The molecule has 0 aromatic heterocycles. The molecule has 0 bridgehead atoms. The van der Waals surface area contributed by atoms with Crippen LogP contribution in [-0.2, 0) is 6.42 Å². The van der Waals surface area contributed by atoms with E-state index >= 15 is 0 Å². The number of hydrogen-bond donors (Lipinski definition) is 0. The molecule has 0 unspecified atom stereocenters. The molecular weight excluding hydrogens is 316 g/mol. The van der Waals surface area contributed by atoms with Crippen LogP contribution < -0.4 is 4.74 Å². The maximum absolute atomic E-state index is 12.1. The summed E-state index contributed by atoms with van der Waals surface area (Å²) >= 11 is 3.40. The van der Waals surface area contributed by atoms with Crippen molar-refractivity contribution in [1.82, 2.24) is 0 Å². The highest BCUT2D eigenvalue weighted by Gasteiger charge is 2.08. The fraction of sp³-hybridized carbons (Fsp3) is 0.235. The van der Waals surface area contributed by atoms with Gasteiger partial charge in [0.15, 0.2) is 12.4 Å². The van der Waals surface area contributed by atoms with E-state index in [1.807, 2.05) is 49.4 Å². The second kappa shape index (κ2) is 6.71. The van der Waals surface area contributed by atoms with Gasteiger partial charge in [-0.1, -0.05) is 53.2 Å². The second-order valence-corrected chi connectivity index (χ2v) is 5.59. The maximum atomic E-state index is 12.1. The minimum Gasteiger partial charge on any atom is -0.485 e. The van der Waals surface area contributed by atoms with E-state index in [0.29, 0.717) is 5.56 Å². The molecule has 2 nitrogen and oxygen atoms in total. The molecule has 0 radical (unpaired) electrons. The normalized spacial score (nSPS) is 10.3. The van der Waals surface area contributed by atoms with Crippen LogP contribution in [0.15, 0.2) is 46.9 Å². The third kappa shape index (κ3) is 3.70. The first-order chi connectivity index (χ1) is 9.60. The number of halogens is 1. The Morgan fingerprint density at radius 1 is 1.15 bits per heavy atom. The van der Waals surface area contributed by atoms with Crippen molar-refractivity contribution in [1.29, 1.82) is 0 Å². The van der Waals surface area contributed by atoms with Crippen molar-refractivity contribution >= 4 is 21.7 Å². The Morgan fingerprint density at radius 2 is 1.85 bits per heavy atom. The van der Waals surface area contributed by atoms with Gasteiger partial charge in [-0.2, -0.15) is 0 Å². The summed E-state index contributed by atoms with van der Waals surface area (Å²) in [5, 5.41) is 0. The number of hydrogen-bond acceptors (Lipinski definition) is 2. The summed E-state index contributed by atoms with van der Waals surface area (Å²) in [6, 6.07) is 13.5. The van der Waals surface area contributed by atoms with Crippen LogP contribution >= 0.6 is 15.9 Å². The number of ether oxygens (including phenoxy) is 1. The summed E-state index contributed by atoms with van der Waals surface area (Å²) in [6.07, 6.45) is 0.974. The van der Waals surface area contributed by atoms with Crippen LogP contribution in [0, 0.1) is 6.92 Å². The highest BCUT2D eigenvalue weighted by Crippen LogP contribution is 2.23. The highest BCUT2D eigenvalue weighted by molar-refractivity contribution is 9.10. The van der Waals surface area contributed by atoms with Crippen LogP contribution in [0.5, 0.6) is 5.75 Å². The van der Waals surface area contributed by atoms with E-state index in [1.54, 1.807) is 0 Å². The van der Waals surface area contributed by atoms with Gasteiger partial charge in [0.25, 0.3) is 0 Å². The van der Waals surface area contributed by atoms with Gasteiger partial charge in [-0.05, 0) is 36.6 Å². The Bertz CT molecular complexity index is 603. The van der Waals surface area contributed by atoms with Crippen LogP contribution in [0.3, 0.4) is 0 Å². The molecule has 20 heavy (non-hydrogen) atoms. The van der Waals surface area contributed by atoms with Gasteiger partial charge in [-0.15, -0.1) is 0 Å². The Kier molecular flexibility index (Phi) is 4.96. The number of ketones is 1. The first-order valence-electron chi connectivity index (χ1n) is 6.61. The number of Topliss-reactive ketones (excluding diaryl/α,β-unsaturated/α-hetero) is 1. The average Bonchev–Trinajstić information content (AvgIpc) is 2.48. The van der Waals surface area contributed by atoms with Gasteiger partial charge in [-0.25, -0.2) is 0 Å². The average molecular weight is 333 g/mol. The van der Waals surface area contributed by atoms with E-state index in [4.69, 9.17) is 4.74 Å². The van der Waals surface area contributed by atoms with Gasteiger partial charge >= 0.3 is 0 Å². The predicted molar refractivity (Wildman–Crippen MR) is 84.5 cm³/mol. The Morgan fingerprint density at radius 3 is 2.50 bits per heavy atom. The Hall–Kier alpha value is -1.61. The van der Waals surface area contributed by atoms with E-state index < -0.39 is 0 Å². The zero-order valence-corrected chi connectivity index (χ0v) is 13.2. The lowest BCUT2D eigenvalue weighted by atomic mass is 10.1. The molecule has 0 aliphatic carbocycles. The molecule has 104 valence electrons. The molecule has 0 saturated carbocycles. The van der Waals surface area contributed by atoms with Crippen molar-refractivity contribution in [3.05, 3.63) is 63.6 Å². The molecule has 0 fully saturated rings. The first kappa shape index (κ1) is 14.8. The third-order valence-electron chi connectivity index (χ3n) is 3.19. The van der Waals surface area contributed by atoms with Gasteiger partial charge in [-0.3, -0.25) is 4.79 Å². The van der Waals surface area contributed by atoms with E-state index in [-0.39, 0.29) is 12.4 Å². The summed E-state index contributed by atoms with van der Waals surface area (Å²) in [5.41, 5.74) is 2.93. The summed E-state index contributed by atoms with van der Waals surface area (Å²) in [5.74, 6) is 0.727. The van der Waals surface area contributed by atoms with Gasteiger partial charge in [0.2, 0.25) is 0 Å². The van der Waals surface area contributed by atoms with Crippen LogP contribution in [0.4, 0.5) is 0 Å². The summed E-state index contributed by atoms with van der Waals surface area (Å²) < 4.78 is 6.55. The second-order valence-electron chi connectivity index (χ2n) is 4.67. The van der Waals surface area contributed by atoms with Crippen LogP contribution in [-0.4, -0.2) is 12.4 Å². The quantitative estimate of drug-likeness (QED) is 0.749. The van der Waals surface area contributed by atoms with E-state index in [9.17, 15) is 4.79 Å². The molecule has 0 spiro atoms. The molecule has 0 aliphatic rings. The topological polar surface area (TPSA) is 26.3 Å². The highest BCUT2D eigenvalue weighted by atomic mass is 79.9. The predicted octanol–water partition coefficient (Wildman–Crippen LogP) is 4.58. The Labute approximate surface area is 127 Å². The Balaban J connectivity index is 2.02. The SMILES string of the molecule is CCc1ccc(C(=O)COc2cc(Br)ccc2C)cc1. The van der Waals surface area contributed by atoms with E-state index in [0.717, 1.165) is 22.2 Å². The lowest BCUT2D eigenvalue weighted by molar-refractivity contribution is 0.0921. The molecule has 0 amide bonds. The fourth-order valence-corrected chi connectivity index (χ4v) is 2.22. The number of benzene rings is 2. The maximum Gasteiger partial charge on any atom is 0.200 e. The molecule has 0 aliphatic heterocycles. The van der Waals surface area contributed by atoms with E-state index in [2.05, 4.69) is 22.9 Å². The molecule has 2 rings (SSSR count). The molecule has 2 aromatic carbocycles. The molecule has 0 heterocycles. The summed E-state index contributed by atoms with van der Waals surface area (Å²) in [7, 11) is 0. The zero-order chi connectivity index (χ0) is 14.5. The molecule has 0 saturated heterocycles. The standard InChI is InChI=1S/C17H17BrO2/c1-3-13-5-7-14(8-6-13)16(19)11-20-17-10-15(18)9-4-12(17)2/h4-10H,3,11H2,1-2H3. The number of carbonyl (C=O) groups is 1. The zero-order valence-electron chi connectivity index (χ0n) is 11.7. The van der Waals surface area contributed by atoms with Crippen molar-refractivity contribution < 1.29 is 9.53 Å². The van der Waals surface area contributed by atoms with E-state index in [1.165, 1.54) is 5.56 Å². The largest absolute Gasteiger partial charge is 0.485 e. The van der Waals surface area contributed by atoms with Crippen molar-refractivity contribution in [2.45, 2.75) is 20.3 Å². The number of rotatable bonds is 5. The summed E-state index contributed by atoms with van der Waals surface area (Å²) in [6.45, 7) is 4.11.